The van der Waals surface area contributed by atoms with E-state index in [-0.39, 0.29) is 17.7 Å². The molecule has 2 amide bonds. The summed E-state index contributed by atoms with van der Waals surface area (Å²) in [7, 11) is 0. The van der Waals surface area contributed by atoms with Crippen molar-refractivity contribution in [2.24, 2.45) is 5.92 Å². The fourth-order valence-corrected chi connectivity index (χ4v) is 3.57. The number of halogens is 1. The minimum absolute atomic E-state index is 0.211. The van der Waals surface area contributed by atoms with Gasteiger partial charge in [-0.25, -0.2) is 0 Å². The van der Waals surface area contributed by atoms with Crippen LogP contribution in [0.1, 0.15) is 29.5 Å². The van der Waals surface area contributed by atoms with Crippen molar-refractivity contribution in [3.8, 4) is 0 Å². The third-order valence-electron chi connectivity index (χ3n) is 5.04. The standard InChI is InChI=1S/C22H21ClN2O2/c23-20-4-2-1-3-16(20)8-10-21(26)24-19-9-7-15-11-12-25(14-18(15)13-19)22(27)17-5-6-17/h1-4,7-10,13,17H,5-6,11-12,14H2,(H,24,26). The minimum Gasteiger partial charge on any atom is -0.338 e. The van der Waals surface area contributed by atoms with E-state index in [1.807, 2.05) is 41.3 Å². The summed E-state index contributed by atoms with van der Waals surface area (Å²) >= 11 is 6.10. The molecule has 1 aliphatic carbocycles. The molecular weight excluding hydrogens is 360 g/mol. The number of nitrogens with one attached hydrogen (secondary N) is 1. The van der Waals surface area contributed by atoms with Crippen LogP contribution in [-0.4, -0.2) is 23.3 Å². The van der Waals surface area contributed by atoms with Gasteiger partial charge in [0, 0.05) is 35.8 Å². The molecule has 0 atom stereocenters. The Morgan fingerprint density at radius 2 is 1.93 bits per heavy atom. The third-order valence-corrected chi connectivity index (χ3v) is 5.39. The Labute approximate surface area is 163 Å². The highest BCUT2D eigenvalue weighted by molar-refractivity contribution is 6.32. The van der Waals surface area contributed by atoms with Crippen LogP contribution in [0.2, 0.25) is 5.02 Å². The Morgan fingerprint density at radius 3 is 2.70 bits per heavy atom. The summed E-state index contributed by atoms with van der Waals surface area (Å²) in [5.41, 5.74) is 3.90. The number of hydrogen-bond acceptors (Lipinski definition) is 2. The molecule has 0 spiro atoms. The lowest BCUT2D eigenvalue weighted by Crippen LogP contribution is -2.36. The van der Waals surface area contributed by atoms with Crippen LogP contribution in [0.5, 0.6) is 0 Å². The van der Waals surface area contributed by atoms with Crippen molar-refractivity contribution in [1.82, 2.24) is 4.90 Å². The highest BCUT2D eigenvalue weighted by Gasteiger charge is 2.34. The summed E-state index contributed by atoms with van der Waals surface area (Å²) in [6.45, 7) is 1.42. The molecule has 1 aliphatic heterocycles. The molecule has 4 nitrogen and oxygen atoms in total. The molecule has 138 valence electrons. The second-order valence-corrected chi connectivity index (χ2v) is 7.52. The second-order valence-electron chi connectivity index (χ2n) is 7.11. The predicted molar refractivity (Wildman–Crippen MR) is 107 cm³/mol. The largest absolute Gasteiger partial charge is 0.338 e. The monoisotopic (exact) mass is 380 g/mol. The second kappa shape index (κ2) is 7.57. The maximum absolute atomic E-state index is 12.3. The van der Waals surface area contributed by atoms with Crippen LogP contribution in [-0.2, 0) is 22.6 Å². The Morgan fingerprint density at radius 1 is 1.11 bits per heavy atom. The third kappa shape index (κ3) is 4.22. The van der Waals surface area contributed by atoms with Crippen molar-refractivity contribution in [3.05, 3.63) is 70.3 Å². The zero-order valence-corrected chi connectivity index (χ0v) is 15.7. The van der Waals surface area contributed by atoms with Gasteiger partial charge in [0.05, 0.1) is 0 Å². The molecule has 0 unspecified atom stereocenters. The first kappa shape index (κ1) is 17.8. The van der Waals surface area contributed by atoms with Crippen molar-refractivity contribution in [2.75, 3.05) is 11.9 Å². The normalized spacial score (nSPS) is 16.3. The van der Waals surface area contributed by atoms with Gasteiger partial charge in [-0.15, -0.1) is 0 Å². The maximum Gasteiger partial charge on any atom is 0.248 e. The van der Waals surface area contributed by atoms with Crippen molar-refractivity contribution in [2.45, 2.75) is 25.8 Å². The smallest absolute Gasteiger partial charge is 0.248 e. The lowest BCUT2D eigenvalue weighted by Gasteiger charge is -2.29. The van der Waals surface area contributed by atoms with E-state index in [2.05, 4.69) is 5.32 Å². The number of amides is 2. The molecule has 0 bridgehead atoms. The van der Waals surface area contributed by atoms with Crippen LogP contribution in [0.3, 0.4) is 0 Å². The number of carbonyl (C=O) groups is 2. The van der Waals surface area contributed by atoms with Gasteiger partial charge >= 0.3 is 0 Å². The number of anilines is 1. The van der Waals surface area contributed by atoms with E-state index in [0.717, 1.165) is 42.6 Å². The number of carbonyl (C=O) groups excluding carboxylic acids is 2. The molecule has 0 aromatic heterocycles. The number of nitrogens with zero attached hydrogens (tertiary/aromatic N) is 1. The van der Waals surface area contributed by atoms with Crippen LogP contribution in [0.15, 0.2) is 48.5 Å². The topological polar surface area (TPSA) is 49.4 Å². The Balaban J connectivity index is 1.43. The Hall–Kier alpha value is -2.59. The molecule has 1 saturated carbocycles. The van der Waals surface area contributed by atoms with Gasteiger partial charge in [-0.05, 0) is 60.2 Å². The van der Waals surface area contributed by atoms with Crippen molar-refractivity contribution in [3.63, 3.8) is 0 Å². The first-order valence-electron chi connectivity index (χ1n) is 9.24. The van der Waals surface area contributed by atoms with E-state index in [1.54, 1.807) is 12.1 Å². The van der Waals surface area contributed by atoms with E-state index in [1.165, 1.54) is 11.6 Å². The lowest BCUT2D eigenvalue weighted by molar-refractivity contribution is -0.133. The number of hydrogen-bond donors (Lipinski definition) is 1. The molecule has 27 heavy (non-hydrogen) atoms. The maximum atomic E-state index is 12.3. The lowest BCUT2D eigenvalue weighted by atomic mass is 9.98. The molecule has 2 aliphatic rings. The van der Waals surface area contributed by atoms with Crippen LogP contribution >= 0.6 is 11.6 Å². The predicted octanol–water partition coefficient (Wildman–Crippen LogP) is 4.29. The summed E-state index contributed by atoms with van der Waals surface area (Å²) < 4.78 is 0. The van der Waals surface area contributed by atoms with Crippen LogP contribution in [0.25, 0.3) is 6.08 Å². The molecule has 2 aromatic carbocycles. The van der Waals surface area contributed by atoms with Gasteiger partial charge in [0.1, 0.15) is 0 Å². The molecule has 2 aromatic rings. The average Bonchev–Trinajstić information content (AvgIpc) is 3.51. The van der Waals surface area contributed by atoms with Gasteiger partial charge in [0.25, 0.3) is 0 Å². The van der Waals surface area contributed by atoms with E-state index in [0.29, 0.717) is 11.6 Å². The van der Waals surface area contributed by atoms with Gasteiger partial charge in [0.15, 0.2) is 0 Å². The Kier molecular flexibility index (Phi) is 4.99. The van der Waals surface area contributed by atoms with Crippen LogP contribution in [0, 0.1) is 5.92 Å². The zero-order valence-electron chi connectivity index (χ0n) is 15.0. The fraction of sp³-hybridized carbons (Fsp3) is 0.273. The van der Waals surface area contributed by atoms with Crippen LogP contribution < -0.4 is 5.32 Å². The van der Waals surface area contributed by atoms with Gasteiger partial charge < -0.3 is 10.2 Å². The zero-order chi connectivity index (χ0) is 18.8. The van der Waals surface area contributed by atoms with Gasteiger partial charge in [-0.1, -0.05) is 35.9 Å². The number of rotatable bonds is 4. The summed E-state index contributed by atoms with van der Waals surface area (Å²) in [5, 5.41) is 3.50. The van der Waals surface area contributed by atoms with Crippen molar-refractivity contribution >= 4 is 35.2 Å². The summed E-state index contributed by atoms with van der Waals surface area (Å²) in [4.78, 5) is 26.5. The summed E-state index contributed by atoms with van der Waals surface area (Å²) in [6, 6.07) is 13.3. The summed E-state index contributed by atoms with van der Waals surface area (Å²) in [5.74, 6) is 0.304. The molecule has 1 heterocycles. The van der Waals surface area contributed by atoms with Crippen molar-refractivity contribution < 1.29 is 9.59 Å². The van der Waals surface area contributed by atoms with Crippen LogP contribution in [0.4, 0.5) is 5.69 Å². The average molecular weight is 381 g/mol. The number of benzene rings is 2. The molecule has 0 saturated heterocycles. The molecule has 1 N–H and O–H groups in total. The molecular formula is C22H21ClN2O2. The van der Waals surface area contributed by atoms with Gasteiger partial charge in [-0.2, -0.15) is 0 Å². The summed E-state index contributed by atoms with van der Waals surface area (Å²) in [6.07, 6.45) is 6.09. The molecule has 4 rings (SSSR count). The minimum atomic E-state index is -0.211. The first-order chi connectivity index (χ1) is 13.1. The molecule has 1 fully saturated rings. The highest BCUT2D eigenvalue weighted by Crippen LogP contribution is 2.33. The quantitative estimate of drug-likeness (QED) is 0.804. The van der Waals surface area contributed by atoms with Gasteiger partial charge in [0.2, 0.25) is 11.8 Å². The fourth-order valence-electron chi connectivity index (χ4n) is 3.37. The van der Waals surface area contributed by atoms with Gasteiger partial charge in [-0.3, -0.25) is 9.59 Å². The first-order valence-corrected chi connectivity index (χ1v) is 9.62. The van der Waals surface area contributed by atoms with E-state index >= 15 is 0 Å². The number of fused-ring (bicyclic) bond motifs is 1. The van der Waals surface area contributed by atoms with E-state index < -0.39 is 0 Å². The SMILES string of the molecule is O=C(C=Cc1ccccc1Cl)Nc1ccc2c(c1)CN(C(=O)C1CC1)CC2. The molecule has 0 radical (unpaired) electrons. The van der Waals surface area contributed by atoms with E-state index in [9.17, 15) is 9.59 Å². The molecule has 5 heteroatoms. The highest BCUT2D eigenvalue weighted by atomic mass is 35.5. The van der Waals surface area contributed by atoms with Crippen molar-refractivity contribution in [1.29, 1.82) is 0 Å². The Bertz CT molecular complexity index is 918. The van der Waals surface area contributed by atoms with E-state index in [4.69, 9.17) is 11.6 Å².